The van der Waals surface area contributed by atoms with Gasteiger partial charge in [0.05, 0.1) is 0 Å². The molecule has 1 heterocycles. The normalized spacial score (nSPS) is 14.7. The second-order valence-electron chi connectivity index (χ2n) is 1.98. The maximum atomic E-state index is 8.58. The Labute approximate surface area is 71.1 Å². The Hall–Kier alpha value is -0.960. The molecule has 0 saturated carbocycles. The van der Waals surface area contributed by atoms with Crippen LogP contribution in [0.15, 0.2) is 23.4 Å². The van der Waals surface area contributed by atoms with E-state index in [4.69, 9.17) is 16.4 Å². The van der Waals surface area contributed by atoms with Crippen LogP contribution in [0.2, 0.25) is 0 Å². The molecule has 1 rings (SSSR count). The van der Waals surface area contributed by atoms with Crippen molar-refractivity contribution < 1.29 is 4.79 Å². The van der Waals surface area contributed by atoms with Crippen LogP contribution >= 0.6 is 11.6 Å². The molecule has 4 heteroatoms. The number of carbonyl (C=O) groups excluding carboxylic acids is 1. The van der Waals surface area contributed by atoms with E-state index in [0.29, 0.717) is 0 Å². The van der Waals surface area contributed by atoms with Gasteiger partial charge in [-0.05, 0) is 12.2 Å². The lowest BCUT2D eigenvalue weighted by atomic mass is 10.4. The van der Waals surface area contributed by atoms with E-state index < -0.39 is 0 Å². The van der Waals surface area contributed by atoms with Gasteiger partial charge in [-0.25, -0.2) is 0 Å². The maximum absolute atomic E-state index is 8.58. The summed E-state index contributed by atoms with van der Waals surface area (Å²) in [4.78, 5) is 10.6. The number of allylic oxidation sites excluding steroid dienone is 2. The highest BCUT2D eigenvalue weighted by Crippen LogP contribution is 2.07. The average Bonchev–Trinajstić information content (AvgIpc) is 1.97. The van der Waals surface area contributed by atoms with Gasteiger partial charge in [-0.3, -0.25) is 4.79 Å². The van der Waals surface area contributed by atoms with Crippen molar-refractivity contribution in [2.24, 2.45) is 5.73 Å². The summed E-state index contributed by atoms with van der Waals surface area (Å²) in [5.74, 6) is 0. The van der Waals surface area contributed by atoms with Crippen molar-refractivity contribution in [3.8, 4) is 0 Å². The van der Waals surface area contributed by atoms with Crippen molar-refractivity contribution in [3.05, 3.63) is 23.4 Å². The van der Waals surface area contributed by atoms with Gasteiger partial charge in [-0.1, -0.05) is 11.6 Å². The van der Waals surface area contributed by atoms with Crippen LogP contribution in [0.5, 0.6) is 0 Å². The van der Waals surface area contributed by atoms with Crippen molar-refractivity contribution in [2.75, 3.05) is 13.6 Å². The molecule has 1 aliphatic rings. The second-order valence-corrected chi connectivity index (χ2v) is 2.42. The quantitative estimate of drug-likeness (QED) is 0.549. The molecule has 3 nitrogen and oxygen atoms in total. The van der Waals surface area contributed by atoms with Gasteiger partial charge in [0, 0.05) is 24.8 Å². The van der Waals surface area contributed by atoms with E-state index in [1.165, 1.54) is 0 Å². The zero-order valence-electron chi connectivity index (χ0n) is 6.33. The Morgan fingerprint density at radius 3 is 2.64 bits per heavy atom. The lowest BCUT2D eigenvalue weighted by molar-refractivity contribution is -0.106. The Balaban J connectivity index is 0.000000292. The molecule has 0 spiro atoms. The highest BCUT2D eigenvalue weighted by Gasteiger charge is 1.94. The minimum atomic E-state index is 0.250. The van der Waals surface area contributed by atoms with Gasteiger partial charge in [-0.2, -0.15) is 0 Å². The summed E-state index contributed by atoms with van der Waals surface area (Å²) in [7, 11) is 2.01. The highest BCUT2D eigenvalue weighted by atomic mass is 35.5. The van der Waals surface area contributed by atoms with Crippen LogP contribution in [-0.2, 0) is 4.79 Å². The molecule has 62 valence electrons. The van der Waals surface area contributed by atoms with Crippen molar-refractivity contribution in [3.63, 3.8) is 0 Å². The first-order valence-electron chi connectivity index (χ1n) is 3.10. The fourth-order valence-electron chi connectivity index (χ4n) is 0.559. The van der Waals surface area contributed by atoms with E-state index in [9.17, 15) is 0 Å². The first-order valence-corrected chi connectivity index (χ1v) is 3.48. The lowest BCUT2D eigenvalue weighted by Gasteiger charge is -2.13. The summed E-state index contributed by atoms with van der Waals surface area (Å²) >= 11 is 5.63. The third-order valence-electron chi connectivity index (χ3n) is 1.06. The van der Waals surface area contributed by atoms with E-state index >= 15 is 0 Å². The van der Waals surface area contributed by atoms with Gasteiger partial charge in [0.1, 0.15) is 0 Å². The van der Waals surface area contributed by atoms with Crippen molar-refractivity contribution in [1.82, 2.24) is 4.90 Å². The number of hydrogen-bond acceptors (Lipinski definition) is 2. The van der Waals surface area contributed by atoms with Gasteiger partial charge in [0.15, 0.2) is 0 Å². The highest BCUT2D eigenvalue weighted by molar-refractivity contribution is 6.31. The number of hydrogen-bond donors (Lipinski definition) is 1. The number of nitrogens with two attached hydrogens (primary N) is 1. The number of halogens is 1. The predicted octanol–water partition coefficient (Wildman–Crippen LogP) is 0.670. The van der Waals surface area contributed by atoms with E-state index in [1.54, 1.807) is 0 Å². The van der Waals surface area contributed by atoms with Gasteiger partial charge in [0.25, 0.3) is 0 Å². The molecular formula is C7H11ClN2O. The van der Waals surface area contributed by atoms with E-state index in [-0.39, 0.29) is 6.41 Å². The molecule has 0 atom stereocenters. The maximum Gasteiger partial charge on any atom is 0.204 e. The molecule has 2 N–H and O–H groups in total. The first kappa shape index (κ1) is 10.0. The number of likely N-dealkylation sites (N-methyl/N-ethyl adjacent to an activating group) is 1. The Morgan fingerprint density at radius 1 is 1.82 bits per heavy atom. The van der Waals surface area contributed by atoms with Crippen molar-refractivity contribution in [1.29, 1.82) is 0 Å². The van der Waals surface area contributed by atoms with Crippen LogP contribution in [-0.4, -0.2) is 24.9 Å². The minimum Gasteiger partial charge on any atom is -0.377 e. The van der Waals surface area contributed by atoms with Crippen molar-refractivity contribution >= 4 is 18.0 Å². The number of amides is 1. The predicted molar refractivity (Wildman–Crippen MR) is 46.0 cm³/mol. The molecule has 11 heavy (non-hydrogen) atoms. The topological polar surface area (TPSA) is 46.3 Å². The molecule has 0 aliphatic carbocycles. The lowest BCUT2D eigenvalue weighted by Crippen LogP contribution is -2.12. The number of rotatable bonds is 0. The van der Waals surface area contributed by atoms with E-state index in [1.807, 2.05) is 25.4 Å². The first-order chi connectivity index (χ1) is 5.20. The third kappa shape index (κ3) is 5.48. The number of nitrogens with zero attached hydrogens (tertiary/aromatic N) is 1. The van der Waals surface area contributed by atoms with Crippen LogP contribution in [0.25, 0.3) is 0 Å². The summed E-state index contributed by atoms with van der Waals surface area (Å²) < 4.78 is 0. The van der Waals surface area contributed by atoms with Crippen LogP contribution < -0.4 is 5.73 Å². The van der Waals surface area contributed by atoms with Gasteiger partial charge in [0.2, 0.25) is 6.41 Å². The molecule has 0 bridgehead atoms. The van der Waals surface area contributed by atoms with Gasteiger partial charge in [-0.15, -0.1) is 0 Å². The largest absolute Gasteiger partial charge is 0.377 e. The van der Waals surface area contributed by atoms with Crippen LogP contribution in [0.1, 0.15) is 0 Å². The molecule has 0 aromatic carbocycles. The summed E-state index contributed by atoms with van der Waals surface area (Å²) in [6.07, 6.45) is 6.06. The molecule has 0 saturated heterocycles. The van der Waals surface area contributed by atoms with Gasteiger partial charge >= 0.3 is 0 Å². The number of carbonyl (C=O) groups is 1. The van der Waals surface area contributed by atoms with E-state index in [2.05, 4.69) is 10.6 Å². The molecule has 0 unspecified atom stereocenters. The monoisotopic (exact) mass is 174 g/mol. The smallest absolute Gasteiger partial charge is 0.204 e. The Morgan fingerprint density at radius 2 is 2.36 bits per heavy atom. The average molecular weight is 175 g/mol. The zero-order valence-corrected chi connectivity index (χ0v) is 7.08. The van der Waals surface area contributed by atoms with Crippen LogP contribution in [0.4, 0.5) is 0 Å². The Bertz CT molecular complexity index is 177. The Kier molecular flexibility index (Phi) is 5.29. The summed E-state index contributed by atoms with van der Waals surface area (Å²) in [5, 5.41) is 0.836. The SMILES string of the molecule is CN1C=CC(Cl)=CC1.NC=O. The standard InChI is InChI=1S/C6H8ClN.CH3NO/c1-8-4-2-6(7)3-5-8;2-1-3/h2-4H,5H2,1H3;1H,(H2,2,3). The molecule has 1 amide bonds. The molecule has 0 radical (unpaired) electrons. The van der Waals surface area contributed by atoms with Gasteiger partial charge < -0.3 is 10.6 Å². The molecule has 1 aliphatic heterocycles. The molecule has 0 aromatic rings. The fourth-order valence-corrected chi connectivity index (χ4v) is 0.684. The number of primary amides is 1. The summed E-state index contributed by atoms with van der Waals surface area (Å²) in [6, 6.07) is 0. The van der Waals surface area contributed by atoms with E-state index in [0.717, 1.165) is 11.6 Å². The molecular weight excluding hydrogens is 164 g/mol. The van der Waals surface area contributed by atoms with Crippen molar-refractivity contribution in [2.45, 2.75) is 0 Å². The fraction of sp³-hybridized carbons (Fsp3) is 0.286. The third-order valence-corrected chi connectivity index (χ3v) is 1.34. The minimum absolute atomic E-state index is 0.250. The molecule has 0 fully saturated rings. The summed E-state index contributed by atoms with van der Waals surface area (Å²) in [5.41, 5.74) is 4.17. The summed E-state index contributed by atoms with van der Waals surface area (Å²) in [6.45, 7) is 0.926. The zero-order chi connectivity index (χ0) is 8.69. The van der Waals surface area contributed by atoms with Crippen LogP contribution in [0.3, 0.4) is 0 Å². The van der Waals surface area contributed by atoms with Crippen LogP contribution in [0, 0.1) is 0 Å². The molecule has 0 aromatic heterocycles. The second kappa shape index (κ2) is 5.80.